The number of carboxylic acid groups (broad SMARTS) is 1. The van der Waals surface area contributed by atoms with Crippen LogP contribution in [0.25, 0.3) is 0 Å². The number of hydrogen-bond acceptors (Lipinski definition) is 4. The summed E-state index contributed by atoms with van der Waals surface area (Å²) in [5.41, 5.74) is 1.33. The molecule has 0 saturated carbocycles. The summed E-state index contributed by atoms with van der Waals surface area (Å²) in [5, 5.41) is 11.3. The molecule has 0 fully saturated rings. The third kappa shape index (κ3) is 5.04. The Balaban J connectivity index is 0.00000220. The number of rotatable bonds is 5. The van der Waals surface area contributed by atoms with Crippen molar-refractivity contribution >= 4 is 16.8 Å². The molecular weight excluding hydrogens is 297 g/mol. The van der Waals surface area contributed by atoms with E-state index in [1.165, 1.54) is 0 Å². The first-order valence-electron chi connectivity index (χ1n) is 6.12. The molecule has 2 rings (SSSR count). The number of aromatic nitrogens is 1. The molecule has 2 unspecified atom stereocenters. The van der Waals surface area contributed by atoms with Gasteiger partial charge in [0.1, 0.15) is 0 Å². The molecule has 104 valence electrons. The third-order valence-electron chi connectivity index (χ3n) is 3.02. The fourth-order valence-corrected chi connectivity index (χ4v) is 2.46. The van der Waals surface area contributed by atoms with E-state index in [1.54, 1.807) is 54.9 Å². The smallest absolute Gasteiger partial charge is 0.549 e. The SMILES string of the molecule is CS(=O)c1ccc(CC(C(=O)[O-])c2ccccn2)cc1.[Na+]. The second-order valence-corrected chi connectivity index (χ2v) is 5.81. The van der Waals surface area contributed by atoms with Crippen LogP contribution in [0.1, 0.15) is 17.2 Å². The fourth-order valence-electron chi connectivity index (χ4n) is 1.94. The largest absolute Gasteiger partial charge is 1.00 e. The van der Waals surface area contributed by atoms with E-state index in [0.717, 1.165) is 10.5 Å². The summed E-state index contributed by atoms with van der Waals surface area (Å²) in [6, 6.07) is 12.2. The molecule has 2 atom stereocenters. The minimum absolute atomic E-state index is 0. The van der Waals surface area contributed by atoms with Gasteiger partial charge < -0.3 is 9.90 Å². The normalized spacial score (nSPS) is 13.0. The quantitative estimate of drug-likeness (QED) is 0.593. The number of benzene rings is 1. The monoisotopic (exact) mass is 311 g/mol. The van der Waals surface area contributed by atoms with Crippen LogP contribution in [0.4, 0.5) is 0 Å². The molecule has 0 saturated heterocycles. The van der Waals surface area contributed by atoms with Crippen LogP contribution < -0.4 is 34.7 Å². The van der Waals surface area contributed by atoms with Gasteiger partial charge in [-0.2, -0.15) is 0 Å². The zero-order chi connectivity index (χ0) is 14.5. The van der Waals surface area contributed by atoms with Crippen molar-refractivity contribution in [2.75, 3.05) is 6.26 Å². The van der Waals surface area contributed by atoms with Crippen molar-refractivity contribution in [1.29, 1.82) is 0 Å². The molecule has 6 heteroatoms. The molecule has 0 amide bonds. The Morgan fingerprint density at radius 1 is 1.24 bits per heavy atom. The van der Waals surface area contributed by atoms with Crippen molar-refractivity contribution in [2.45, 2.75) is 17.2 Å². The number of pyridine rings is 1. The summed E-state index contributed by atoms with van der Waals surface area (Å²) < 4.78 is 11.3. The van der Waals surface area contributed by atoms with Crippen LogP contribution in [-0.2, 0) is 22.0 Å². The van der Waals surface area contributed by atoms with Crippen LogP contribution in [0.3, 0.4) is 0 Å². The van der Waals surface area contributed by atoms with Crippen molar-refractivity contribution in [3.63, 3.8) is 0 Å². The van der Waals surface area contributed by atoms with Gasteiger partial charge in [0.25, 0.3) is 0 Å². The van der Waals surface area contributed by atoms with Crippen molar-refractivity contribution in [3.8, 4) is 0 Å². The van der Waals surface area contributed by atoms with Crippen molar-refractivity contribution < 1.29 is 43.7 Å². The van der Waals surface area contributed by atoms with Crippen LogP contribution in [0.15, 0.2) is 53.6 Å². The minimum Gasteiger partial charge on any atom is -0.549 e. The number of carbonyl (C=O) groups is 1. The molecular formula is C15H14NNaO3S. The summed E-state index contributed by atoms with van der Waals surface area (Å²) in [5.74, 6) is -1.93. The van der Waals surface area contributed by atoms with E-state index in [0.29, 0.717) is 12.1 Å². The molecule has 4 nitrogen and oxygen atoms in total. The van der Waals surface area contributed by atoms with Gasteiger partial charge in [-0.05, 0) is 36.2 Å². The Morgan fingerprint density at radius 2 is 1.90 bits per heavy atom. The van der Waals surface area contributed by atoms with E-state index in [2.05, 4.69) is 4.98 Å². The fraction of sp³-hybridized carbons (Fsp3) is 0.200. The third-order valence-corrected chi connectivity index (χ3v) is 3.96. The van der Waals surface area contributed by atoms with Crippen LogP contribution in [-0.4, -0.2) is 21.4 Å². The average Bonchev–Trinajstić information content (AvgIpc) is 2.46. The molecule has 0 bridgehead atoms. The number of carbonyl (C=O) groups excluding carboxylic acids is 1. The van der Waals surface area contributed by atoms with Gasteiger partial charge >= 0.3 is 29.6 Å². The summed E-state index contributed by atoms with van der Waals surface area (Å²) in [4.78, 5) is 16.1. The first kappa shape index (κ1) is 18.0. The zero-order valence-electron chi connectivity index (χ0n) is 12.0. The molecule has 1 aromatic carbocycles. The van der Waals surface area contributed by atoms with Gasteiger partial charge in [0.05, 0.1) is 5.97 Å². The molecule has 0 radical (unpaired) electrons. The van der Waals surface area contributed by atoms with E-state index >= 15 is 0 Å². The Hall–Kier alpha value is -1.01. The molecule has 0 aliphatic carbocycles. The summed E-state index contributed by atoms with van der Waals surface area (Å²) in [7, 11) is -1.04. The van der Waals surface area contributed by atoms with Gasteiger partial charge in [-0.1, -0.05) is 18.2 Å². The molecule has 0 spiro atoms. The Bertz CT molecular complexity index is 617. The van der Waals surface area contributed by atoms with Gasteiger partial charge in [-0.3, -0.25) is 9.19 Å². The topological polar surface area (TPSA) is 70.1 Å². The van der Waals surface area contributed by atoms with E-state index in [9.17, 15) is 14.1 Å². The Morgan fingerprint density at radius 3 is 2.38 bits per heavy atom. The maximum atomic E-state index is 11.3. The average molecular weight is 311 g/mol. The van der Waals surface area contributed by atoms with Gasteiger partial charge in [-0.25, -0.2) is 0 Å². The van der Waals surface area contributed by atoms with E-state index < -0.39 is 22.7 Å². The van der Waals surface area contributed by atoms with Crippen LogP contribution in [0.5, 0.6) is 0 Å². The molecule has 0 aliphatic rings. The zero-order valence-corrected chi connectivity index (χ0v) is 14.8. The van der Waals surface area contributed by atoms with E-state index in [1.807, 2.05) is 0 Å². The Labute approximate surface area is 148 Å². The van der Waals surface area contributed by atoms with E-state index in [4.69, 9.17) is 0 Å². The standard InChI is InChI=1S/C15H15NO3S.Na/c1-20(19)12-7-5-11(6-8-12)10-13(15(17)18)14-4-2-3-9-16-14;/h2-9,13H,10H2,1H3,(H,17,18);/q;+1/p-1. The van der Waals surface area contributed by atoms with Crippen LogP contribution >= 0.6 is 0 Å². The molecule has 0 N–H and O–H groups in total. The number of aliphatic carboxylic acids is 1. The van der Waals surface area contributed by atoms with Crippen molar-refractivity contribution in [1.82, 2.24) is 4.98 Å². The van der Waals surface area contributed by atoms with Gasteiger partial charge in [0.15, 0.2) is 0 Å². The van der Waals surface area contributed by atoms with Crippen LogP contribution in [0.2, 0.25) is 0 Å². The second kappa shape index (κ2) is 8.44. The summed E-state index contributed by atoms with van der Waals surface area (Å²) >= 11 is 0. The van der Waals surface area contributed by atoms with Gasteiger partial charge in [0, 0.05) is 39.8 Å². The Kier molecular flexibility index (Phi) is 7.25. The number of hydrogen-bond donors (Lipinski definition) is 0. The molecule has 0 aliphatic heterocycles. The molecule has 1 heterocycles. The van der Waals surface area contributed by atoms with Crippen molar-refractivity contribution in [2.24, 2.45) is 0 Å². The first-order valence-corrected chi connectivity index (χ1v) is 7.68. The van der Waals surface area contributed by atoms with Gasteiger partial charge in [-0.15, -0.1) is 0 Å². The predicted octanol–water partition coefficient (Wildman–Crippen LogP) is -2.10. The maximum Gasteiger partial charge on any atom is 1.00 e. The molecule has 21 heavy (non-hydrogen) atoms. The maximum absolute atomic E-state index is 11.3. The summed E-state index contributed by atoms with van der Waals surface area (Å²) in [6.45, 7) is 0. The summed E-state index contributed by atoms with van der Waals surface area (Å²) in [6.07, 6.45) is 3.47. The molecule has 2 aromatic rings. The van der Waals surface area contributed by atoms with Crippen molar-refractivity contribution in [3.05, 3.63) is 59.9 Å². The predicted molar refractivity (Wildman–Crippen MR) is 74.5 cm³/mol. The van der Waals surface area contributed by atoms with Crippen LogP contribution in [0, 0.1) is 0 Å². The molecule has 1 aromatic heterocycles. The first-order chi connectivity index (χ1) is 9.58. The van der Waals surface area contributed by atoms with E-state index in [-0.39, 0.29) is 29.6 Å². The van der Waals surface area contributed by atoms with Gasteiger partial charge in [0.2, 0.25) is 0 Å². The minimum atomic E-state index is -1.15. The number of carboxylic acids is 1. The number of nitrogens with zero attached hydrogens (tertiary/aromatic N) is 1. The second-order valence-electron chi connectivity index (χ2n) is 4.43.